The van der Waals surface area contributed by atoms with Crippen LogP contribution in [0.3, 0.4) is 0 Å². The van der Waals surface area contributed by atoms with Gasteiger partial charge in [-0.25, -0.2) is 0 Å². The van der Waals surface area contributed by atoms with Crippen molar-refractivity contribution in [1.29, 1.82) is 0 Å². The van der Waals surface area contributed by atoms with E-state index in [9.17, 15) is 19.5 Å². The van der Waals surface area contributed by atoms with Crippen molar-refractivity contribution in [3.05, 3.63) is 24.3 Å². The summed E-state index contributed by atoms with van der Waals surface area (Å²) in [4.78, 5) is 41.6. The summed E-state index contributed by atoms with van der Waals surface area (Å²) in [5, 5.41) is 15.2. The van der Waals surface area contributed by atoms with E-state index in [2.05, 4.69) is 10.6 Å². The molecule has 3 saturated heterocycles. The van der Waals surface area contributed by atoms with Gasteiger partial charge in [-0.3, -0.25) is 14.4 Å². The standard InChI is InChI=1S/C24H33N3O6/c1-4-32-16-8-6-15(7-9-16)26-21(29)18-17-10-11-24(33-17)19(18)23(31)27(12-5-13-28)20(24)22(30)25-14(2)3/h6-9,14,17-20,28H,4-5,10-13H2,1-3H3,(H,25,30)(H,26,29)/t17-,18+,19-,20?,24?/m0/s1. The lowest BCUT2D eigenvalue weighted by molar-refractivity contribution is -0.141. The van der Waals surface area contributed by atoms with E-state index in [-0.39, 0.29) is 36.9 Å². The second-order valence-corrected chi connectivity index (χ2v) is 9.27. The summed E-state index contributed by atoms with van der Waals surface area (Å²) in [6, 6.07) is 6.17. The van der Waals surface area contributed by atoms with Gasteiger partial charge in [0.05, 0.1) is 24.5 Å². The Kier molecular flexibility index (Phi) is 6.63. The number of fused-ring (bicyclic) bond motifs is 1. The molecule has 3 fully saturated rings. The number of aliphatic hydroxyl groups excluding tert-OH is 1. The second kappa shape index (κ2) is 9.30. The van der Waals surface area contributed by atoms with Gasteiger partial charge in [0.2, 0.25) is 17.7 Å². The van der Waals surface area contributed by atoms with Crippen molar-refractivity contribution in [2.24, 2.45) is 11.8 Å². The number of benzene rings is 1. The van der Waals surface area contributed by atoms with E-state index in [1.807, 2.05) is 20.8 Å². The van der Waals surface area contributed by atoms with Crippen LogP contribution in [0.25, 0.3) is 0 Å². The number of rotatable bonds is 9. The van der Waals surface area contributed by atoms with E-state index in [1.54, 1.807) is 24.3 Å². The minimum atomic E-state index is -1.02. The fourth-order valence-electron chi connectivity index (χ4n) is 5.63. The molecular formula is C24H33N3O6. The molecule has 5 atom stereocenters. The lowest BCUT2D eigenvalue weighted by Crippen LogP contribution is -2.56. The number of likely N-dealkylation sites (tertiary alicyclic amines) is 1. The van der Waals surface area contributed by atoms with Gasteiger partial charge in [0.25, 0.3) is 0 Å². The maximum atomic E-state index is 13.5. The van der Waals surface area contributed by atoms with Crippen LogP contribution in [0.4, 0.5) is 5.69 Å². The summed E-state index contributed by atoms with van der Waals surface area (Å²) < 4.78 is 11.8. The molecule has 180 valence electrons. The molecule has 33 heavy (non-hydrogen) atoms. The summed E-state index contributed by atoms with van der Waals surface area (Å²) in [7, 11) is 0. The first-order chi connectivity index (χ1) is 15.8. The molecule has 9 heteroatoms. The number of carbonyl (C=O) groups is 3. The van der Waals surface area contributed by atoms with Gasteiger partial charge in [0.15, 0.2) is 0 Å². The monoisotopic (exact) mass is 459 g/mol. The number of nitrogens with one attached hydrogen (secondary N) is 2. The minimum absolute atomic E-state index is 0.0922. The van der Waals surface area contributed by atoms with E-state index in [0.717, 1.165) is 0 Å². The van der Waals surface area contributed by atoms with Crippen molar-refractivity contribution in [2.45, 2.75) is 63.8 Å². The van der Waals surface area contributed by atoms with E-state index in [1.165, 1.54) is 4.90 Å². The third-order valence-electron chi connectivity index (χ3n) is 6.77. The number of nitrogens with zero attached hydrogens (tertiary/aromatic N) is 1. The Morgan fingerprint density at radius 3 is 2.64 bits per heavy atom. The Labute approximate surface area is 193 Å². The van der Waals surface area contributed by atoms with Gasteiger partial charge in [0, 0.05) is 24.9 Å². The number of ether oxygens (including phenoxy) is 2. The van der Waals surface area contributed by atoms with Crippen LogP contribution in [0.15, 0.2) is 24.3 Å². The average molecular weight is 460 g/mol. The predicted molar refractivity (Wildman–Crippen MR) is 121 cm³/mol. The molecular weight excluding hydrogens is 426 g/mol. The lowest BCUT2D eigenvalue weighted by atomic mass is 9.70. The number of hydrogen-bond donors (Lipinski definition) is 3. The van der Waals surface area contributed by atoms with Gasteiger partial charge in [-0.15, -0.1) is 0 Å². The van der Waals surface area contributed by atoms with Crippen molar-refractivity contribution >= 4 is 23.4 Å². The highest BCUT2D eigenvalue weighted by Crippen LogP contribution is 2.58. The number of carbonyl (C=O) groups excluding carboxylic acids is 3. The fourth-order valence-corrected chi connectivity index (χ4v) is 5.63. The first-order valence-electron chi connectivity index (χ1n) is 11.8. The number of amides is 3. The summed E-state index contributed by atoms with van der Waals surface area (Å²) >= 11 is 0. The highest BCUT2D eigenvalue weighted by molar-refractivity contribution is 6.02. The Balaban J connectivity index is 1.59. The molecule has 9 nitrogen and oxygen atoms in total. The minimum Gasteiger partial charge on any atom is -0.494 e. The molecule has 1 spiro atoms. The summed E-state index contributed by atoms with van der Waals surface area (Å²) in [6.07, 6.45) is 1.11. The highest BCUT2D eigenvalue weighted by atomic mass is 16.5. The van der Waals surface area contributed by atoms with Crippen molar-refractivity contribution in [1.82, 2.24) is 10.2 Å². The molecule has 3 aliphatic heterocycles. The van der Waals surface area contributed by atoms with Crippen LogP contribution in [-0.4, -0.2) is 71.3 Å². The number of hydrogen-bond acceptors (Lipinski definition) is 6. The van der Waals surface area contributed by atoms with Crippen LogP contribution in [-0.2, 0) is 19.1 Å². The molecule has 0 saturated carbocycles. The quantitative estimate of drug-likeness (QED) is 0.513. The van der Waals surface area contributed by atoms with Gasteiger partial charge < -0.3 is 30.1 Å². The molecule has 2 unspecified atom stereocenters. The highest BCUT2D eigenvalue weighted by Gasteiger charge is 2.74. The molecule has 3 heterocycles. The fraction of sp³-hybridized carbons (Fsp3) is 0.625. The van der Waals surface area contributed by atoms with Crippen LogP contribution in [0.1, 0.15) is 40.0 Å². The van der Waals surface area contributed by atoms with Crippen LogP contribution < -0.4 is 15.4 Å². The van der Waals surface area contributed by atoms with Gasteiger partial charge >= 0.3 is 0 Å². The van der Waals surface area contributed by atoms with Crippen molar-refractivity contribution in [3.8, 4) is 5.75 Å². The van der Waals surface area contributed by atoms with Gasteiger partial charge in [-0.2, -0.15) is 0 Å². The molecule has 1 aromatic carbocycles. The Bertz CT molecular complexity index is 904. The zero-order chi connectivity index (χ0) is 23.8. The maximum Gasteiger partial charge on any atom is 0.246 e. The predicted octanol–water partition coefficient (Wildman–Crippen LogP) is 1.31. The molecule has 0 aliphatic carbocycles. The number of aliphatic hydroxyl groups is 1. The molecule has 1 aromatic rings. The Hall–Kier alpha value is -2.65. The van der Waals surface area contributed by atoms with E-state index in [4.69, 9.17) is 9.47 Å². The van der Waals surface area contributed by atoms with Gasteiger partial charge in [0.1, 0.15) is 17.4 Å². The van der Waals surface area contributed by atoms with Crippen molar-refractivity contribution in [2.75, 3.05) is 25.1 Å². The van der Waals surface area contributed by atoms with Gasteiger partial charge in [-0.1, -0.05) is 0 Å². The number of anilines is 1. The van der Waals surface area contributed by atoms with Crippen LogP contribution in [0, 0.1) is 11.8 Å². The first-order valence-corrected chi connectivity index (χ1v) is 11.8. The summed E-state index contributed by atoms with van der Waals surface area (Å²) in [6.45, 7) is 6.33. The average Bonchev–Trinajstić information content (AvgIpc) is 3.40. The second-order valence-electron chi connectivity index (χ2n) is 9.27. The van der Waals surface area contributed by atoms with Crippen molar-refractivity contribution < 1.29 is 29.0 Å². The third-order valence-corrected chi connectivity index (χ3v) is 6.77. The van der Waals surface area contributed by atoms with E-state index < -0.39 is 29.6 Å². The molecule has 3 N–H and O–H groups in total. The van der Waals surface area contributed by atoms with E-state index >= 15 is 0 Å². The zero-order valence-electron chi connectivity index (χ0n) is 19.4. The van der Waals surface area contributed by atoms with Crippen molar-refractivity contribution in [3.63, 3.8) is 0 Å². The normalized spacial score (nSPS) is 30.0. The first kappa shape index (κ1) is 23.5. The van der Waals surface area contributed by atoms with Crippen LogP contribution >= 0.6 is 0 Å². The topological polar surface area (TPSA) is 117 Å². The molecule has 3 aliphatic rings. The third kappa shape index (κ3) is 4.08. The molecule has 4 rings (SSSR count). The lowest BCUT2D eigenvalue weighted by Gasteiger charge is -2.33. The van der Waals surface area contributed by atoms with E-state index in [0.29, 0.717) is 37.3 Å². The Morgan fingerprint density at radius 1 is 1.27 bits per heavy atom. The molecule has 2 bridgehead atoms. The van der Waals surface area contributed by atoms with Crippen LogP contribution in [0.5, 0.6) is 5.75 Å². The van der Waals surface area contributed by atoms with Gasteiger partial charge in [-0.05, 0) is 64.3 Å². The smallest absolute Gasteiger partial charge is 0.246 e. The SMILES string of the molecule is CCOc1ccc(NC(=O)[C@@H]2[C@@H]3CCC4(O3)C(C(=O)NC(C)C)N(CCCO)C(=O)[C@H]24)cc1. The Morgan fingerprint density at radius 2 is 2.00 bits per heavy atom. The maximum absolute atomic E-state index is 13.5. The van der Waals surface area contributed by atoms with Crippen LogP contribution in [0.2, 0.25) is 0 Å². The molecule has 3 amide bonds. The zero-order valence-corrected chi connectivity index (χ0v) is 19.4. The summed E-state index contributed by atoms with van der Waals surface area (Å²) in [5.74, 6) is -1.49. The largest absolute Gasteiger partial charge is 0.494 e. The molecule has 0 aromatic heterocycles. The molecule has 0 radical (unpaired) electrons. The summed E-state index contributed by atoms with van der Waals surface area (Å²) in [5.41, 5.74) is -0.409.